The zero-order chi connectivity index (χ0) is 15.6. The van der Waals surface area contributed by atoms with Crippen molar-refractivity contribution in [3.63, 3.8) is 0 Å². The molecule has 0 radical (unpaired) electrons. The van der Waals surface area contributed by atoms with E-state index in [4.69, 9.17) is 5.73 Å². The molecule has 0 spiro atoms. The number of rotatable bonds is 4. The molecular formula is C19H22N2O. The first kappa shape index (κ1) is 14.8. The van der Waals surface area contributed by atoms with Gasteiger partial charge in [-0.1, -0.05) is 60.7 Å². The van der Waals surface area contributed by atoms with Gasteiger partial charge in [0.25, 0.3) is 0 Å². The molecule has 3 heteroatoms. The van der Waals surface area contributed by atoms with Gasteiger partial charge in [-0.05, 0) is 36.8 Å². The van der Waals surface area contributed by atoms with Gasteiger partial charge in [0.2, 0.25) is 5.91 Å². The summed E-state index contributed by atoms with van der Waals surface area (Å²) >= 11 is 0. The Bertz CT molecular complexity index is 631. The highest BCUT2D eigenvalue weighted by Gasteiger charge is 2.36. The highest BCUT2D eigenvalue weighted by Crippen LogP contribution is 2.37. The van der Waals surface area contributed by atoms with Crippen LogP contribution in [0, 0.1) is 0 Å². The average Bonchev–Trinajstić information content (AvgIpc) is 2.52. The molecule has 0 heterocycles. The van der Waals surface area contributed by atoms with E-state index < -0.39 is 5.54 Å². The summed E-state index contributed by atoms with van der Waals surface area (Å²) in [6.45, 7) is 1.77. The summed E-state index contributed by atoms with van der Waals surface area (Å²) in [5, 5.41) is 3.09. The van der Waals surface area contributed by atoms with Crippen LogP contribution in [0.15, 0.2) is 60.7 Å². The lowest BCUT2D eigenvalue weighted by atomic mass is 9.75. The Labute approximate surface area is 131 Å². The molecule has 1 aliphatic rings. The van der Waals surface area contributed by atoms with Crippen molar-refractivity contribution in [2.45, 2.75) is 37.3 Å². The van der Waals surface area contributed by atoms with Crippen molar-refractivity contribution in [3.05, 3.63) is 71.8 Å². The van der Waals surface area contributed by atoms with Gasteiger partial charge in [0.15, 0.2) is 0 Å². The second-order valence-electron chi connectivity index (χ2n) is 6.32. The van der Waals surface area contributed by atoms with Crippen molar-refractivity contribution in [1.82, 2.24) is 5.32 Å². The molecule has 0 bridgehead atoms. The van der Waals surface area contributed by atoms with Crippen LogP contribution >= 0.6 is 0 Å². The lowest BCUT2D eigenvalue weighted by Gasteiger charge is -2.38. The molecular weight excluding hydrogens is 272 g/mol. The van der Waals surface area contributed by atoms with E-state index in [0.29, 0.717) is 5.92 Å². The molecule has 1 atom stereocenters. The predicted octanol–water partition coefficient (Wildman–Crippen LogP) is 2.92. The van der Waals surface area contributed by atoms with Crippen molar-refractivity contribution in [3.8, 4) is 0 Å². The fraction of sp³-hybridized carbons (Fsp3) is 0.316. The van der Waals surface area contributed by atoms with Gasteiger partial charge in [-0.2, -0.15) is 0 Å². The highest BCUT2D eigenvalue weighted by molar-refractivity contribution is 5.87. The van der Waals surface area contributed by atoms with E-state index in [1.807, 2.05) is 36.4 Å². The molecule has 2 aromatic carbocycles. The fourth-order valence-electron chi connectivity index (χ4n) is 2.98. The first-order chi connectivity index (χ1) is 10.6. The molecule has 22 heavy (non-hydrogen) atoms. The summed E-state index contributed by atoms with van der Waals surface area (Å²) in [4.78, 5) is 12.5. The minimum atomic E-state index is -0.987. The van der Waals surface area contributed by atoms with Gasteiger partial charge in [-0.15, -0.1) is 0 Å². The lowest BCUT2D eigenvalue weighted by Crippen LogP contribution is -2.54. The van der Waals surface area contributed by atoms with Crippen LogP contribution in [-0.2, 0) is 10.3 Å². The summed E-state index contributed by atoms with van der Waals surface area (Å²) < 4.78 is 0. The highest BCUT2D eigenvalue weighted by atomic mass is 16.2. The minimum absolute atomic E-state index is 0.102. The first-order valence-corrected chi connectivity index (χ1v) is 7.77. The minimum Gasteiger partial charge on any atom is -0.351 e. The Kier molecular flexibility index (Phi) is 3.99. The summed E-state index contributed by atoms with van der Waals surface area (Å²) in [7, 11) is 0. The number of nitrogens with two attached hydrogens (primary N) is 1. The van der Waals surface area contributed by atoms with Crippen molar-refractivity contribution in [2.75, 3.05) is 0 Å². The Morgan fingerprint density at radius 1 is 1.05 bits per heavy atom. The number of amides is 1. The Morgan fingerprint density at radius 3 is 2.18 bits per heavy atom. The molecule has 3 rings (SSSR count). The van der Waals surface area contributed by atoms with Crippen LogP contribution in [0.3, 0.4) is 0 Å². The monoisotopic (exact) mass is 294 g/mol. The van der Waals surface area contributed by atoms with E-state index in [2.05, 4.69) is 29.6 Å². The number of carbonyl (C=O) groups is 1. The second-order valence-corrected chi connectivity index (χ2v) is 6.32. The van der Waals surface area contributed by atoms with Crippen LogP contribution in [0.5, 0.6) is 0 Å². The van der Waals surface area contributed by atoms with Gasteiger partial charge in [0.1, 0.15) is 5.54 Å². The summed E-state index contributed by atoms with van der Waals surface area (Å²) in [6.07, 6.45) is 1.97. The summed E-state index contributed by atoms with van der Waals surface area (Å²) in [5.74, 6) is 0.447. The van der Waals surface area contributed by atoms with Crippen LogP contribution in [-0.4, -0.2) is 11.9 Å². The standard InChI is InChI=1S/C19H22N2O/c1-19(20,16-10-6-3-7-11-16)18(22)21-17-12-15(13-17)14-8-4-2-5-9-14/h2-11,15,17H,12-13,20H2,1H3,(H,21,22). The SMILES string of the molecule is CC(N)(C(=O)NC1CC(c2ccccc2)C1)c1ccccc1. The predicted molar refractivity (Wildman–Crippen MR) is 88.3 cm³/mol. The number of benzene rings is 2. The molecule has 3 nitrogen and oxygen atoms in total. The van der Waals surface area contributed by atoms with Crippen LogP contribution < -0.4 is 11.1 Å². The van der Waals surface area contributed by atoms with E-state index in [1.165, 1.54) is 5.56 Å². The normalized spacial score (nSPS) is 23.2. The average molecular weight is 294 g/mol. The maximum atomic E-state index is 12.5. The largest absolute Gasteiger partial charge is 0.351 e. The molecule has 2 aromatic rings. The third kappa shape index (κ3) is 2.90. The lowest BCUT2D eigenvalue weighted by molar-refractivity contribution is -0.127. The number of carbonyl (C=O) groups excluding carboxylic acids is 1. The maximum absolute atomic E-state index is 12.5. The third-order valence-corrected chi connectivity index (χ3v) is 4.59. The molecule has 1 amide bonds. The van der Waals surface area contributed by atoms with Gasteiger partial charge in [-0.3, -0.25) is 4.79 Å². The Hall–Kier alpha value is -2.13. The van der Waals surface area contributed by atoms with E-state index in [0.717, 1.165) is 18.4 Å². The molecule has 1 fully saturated rings. The first-order valence-electron chi connectivity index (χ1n) is 7.77. The van der Waals surface area contributed by atoms with E-state index >= 15 is 0 Å². The van der Waals surface area contributed by atoms with Crippen LogP contribution in [0.1, 0.15) is 36.8 Å². The topological polar surface area (TPSA) is 55.1 Å². The molecule has 1 aliphatic carbocycles. The molecule has 114 valence electrons. The quantitative estimate of drug-likeness (QED) is 0.911. The smallest absolute Gasteiger partial charge is 0.244 e. The van der Waals surface area contributed by atoms with Crippen molar-refractivity contribution in [1.29, 1.82) is 0 Å². The van der Waals surface area contributed by atoms with Gasteiger partial charge in [0, 0.05) is 6.04 Å². The number of hydrogen-bond donors (Lipinski definition) is 2. The van der Waals surface area contributed by atoms with Crippen molar-refractivity contribution < 1.29 is 4.79 Å². The van der Waals surface area contributed by atoms with Crippen LogP contribution in [0.2, 0.25) is 0 Å². The molecule has 1 saturated carbocycles. The molecule has 0 saturated heterocycles. The van der Waals surface area contributed by atoms with E-state index in [9.17, 15) is 4.79 Å². The summed E-state index contributed by atoms with van der Waals surface area (Å²) in [6, 6.07) is 20.2. The maximum Gasteiger partial charge on any atom is 0.244 e. The third-order valence-electron chi connectivity index (χ3n) is 4.59. The van der Waals surface area contributed by atoms with Crippen molar-refractivity contribution >= 4 is 5.91 Å². The molecule has 3 N–H and O–H groups in total. The molecule has 0 aliphatic heterocycles. The van der Waals surface area contributed by atoms with Crippen LogP contribution in [0.4, 0.5) is 0 Å². The van der Waals surface area contributed by atoms with Gasteiger partial charge < -0.3 is 11.1 Å². The fourth-order valence-corrected chi connectivity index (χ4v) is 2.98. The zero-order valence-electron chi connectivity index (χ0n) is 12.8. The molecule has 0 aromatic heterocycles. The summed E-state index contributed by atoms with van der Waals surface area (Å²) in [5.41, 5.74) is 7.45. The van der Waals surface area contributed by atoms with Crippen LogP contribution in [0.25, 0.3) is 0 Å². The van der Waals surface area contributed by atoms with Crippen molar-refractivity contribution in [2.24, 2.45) is 5.73 Å². The van der Waals surface area contributed by atoms with Gasteiger partial charge in [0.05, 0.1) is 0 Å². The van der Waals surface area contributed by atoms with Gasteiger partial charge >= 0.3 is 0 Å². The Balaban J connectivity index is 1.58. The Morgan fingerprint density at radius 2 is 1.59 bits per heavy atom. The number of hydrogen-bond acceptors (Lipinski definition) is 2. The van der Waals surface area contributed by atoms with E-state index in [-0.39, 0.29) is 11.9 Å². The van der Waals surface area contributed by atoms with Gasteiger partial charge in [-0.25, -0.2) is 0 Å². The molecule has 1 unspecified atom stereocenters. The second kappa shape index (κ2) is 5.93. The van der Waals surface area contributed by atoms with E-state index in [1.54, 1.807) is 6.92 Å². The number of nitrogens with one attached hydrogen (secondary N) is 1. The zero-order valence-corrected chi connectivity index (χ0v) is 12.8.